The topological polar surface area (TPSA) is 55.2 Å². The van der Waals surface area contributed by atoms with E-state index in [9.17, 15) is 0 Å². The molecule has 2 aliphatic rings. The van der Waals surface area contributed by atoms with Gasteiger partial charge in [-0.25, -0.2) is 0 Å². The molecule has 4 heterocycles. The molecule has 0 bridgehead atoms. The van der Waals surface area contributed by atoms with E-state index in [2.05, 4.69) is 46.1 Å². The Morgan fingerprint density at radius 3 is 2.79 bits per heavy atom. The molecule has 0 aliphatic carbocycles. The first kappa shape index (κ1) is 21.3. The van der Waals surface area contributed by atoms with Gasteiger partial charge in [-0.3, -0.25) is 14.6 Å². The van der Waals surface area contributed by atoms with E-state index in [1.807, 2.05) is 42.6 Å². The summed E-state index contributed by atoms with van der Waals surface area (Å²) in [6.45, 7) is 7.94. The fraction of sp³-hybridized carbons (Fsp3) is 0.357. The van der Waals surface area contributed by atoms with E-state index in [4.69, 9.17) is 14.8 Å². The Bertz CT molecular complexity index is 1300. The standard InChI is InChI=1S/C28H31N5O/c1-2-29-20-32-13-11-28(19-32)12-14-33-27(28)16-25(31-33)22-15-23-24(30-17-22)9-6-10-26(23)34-18-21-7-4-3-5-8-21/h3-10,15-17,29H,2,11-14,18-20H2,1H3. The Balaban J connectivity index is 1.28. The Morgan fingerprint density at radius 2 is 1.91 bits per heavy atom. The van der Waals surface area contributed by atoms with Crippen molar-refractivity contribution in [1.82, 2.24) is 25.0 Å². The Morgan fingerprint density at radius 1 is 1.03 bits per heavy atom. The SMILES string of the molecule is CCNCN1CCC2(CCn3nc(-c4cnc5cccc(OCc6ccccc6)c5c4)cc32)C1. The molecule has 6 heteroatoms. The van der Waals surface area contributed by atoms with Gasteiger partial charge >= 0.3 is 0 Å². The molecule has 4 aromatic rings. The van der Waals surface area contributed by atoms with Crippen LogP contribution in [-0.4, -0.2) is 46.0 Å². The van der Waals surface area contributed by atoms with Crippen LogP contribution in [0.1, 0.15) is 31.0 Å². The smallest absolute Gasteiger partial charge is 0.129 e. The van der Waals surface area contributed by atoms with Crippen LogP contribution in [0.15, 0.2) is 66.9 Å². The summed E-state index contributed by atoms with van der Waals surface area (Å²) in [4.78, 5) is 7.29. The van der Waals surface area contributed by atoms with Crippen LogP contribution in [0.5, 0.6) is 5.75 Å². The van der Waals surface area contributed by atoms with Crippen molar-refractivity contribution in [3.8, 4) is 17.0 Å². The number of pyridine rings is 1. The minimum Gasteiger partial charge on any atom is -0.488 e. The summed E-state index contributed by atoms with van der Waals surface area (Å²) in [6.07, 6.45) is 4.34. The first-order chi connectivity index (χ1) is 16.7. The van der Waals surface area contributed by atoms with Crippen LogP contribution in [0.3, 0.4) is 0 Å². The molecule has 2 aromatic carbocycles. The highest BCUT2D eigenvalue weighted by molar-refractivity contribution is 5.88. The number of rotatable bonds is 7. The van der Waals surface area contributed by atoms with E-state index in [0.29, 0.717) is 6.61 Å². The summed E-state index contributed by atoms with van der Waals surface area (Å²) in [7, 11) is 0. The van der Waals surface area contributed by atoms with E-state index >= 15 is 0 Å². The monoisotopic (exact) mass is 453 g/mol. The maximum absolute atomic E-state index is 6.20. The number of nitrogens with zero attached hydrogens (tertiary/aromatic N) is 4. The van der Waals surface area contributed by atoms with Crippen molar-refractivity contribution < 1.29 is 4.74 Å². The Kier molecular flexibility index (Phi) is 5.55. The van der Waals surface area contributed by atoms with Crippen molar-refractivity contribution in [2.75, 3.05) is 26.3 Å². The fourth-order valence-corrected chi connectivity index (χ4v) is 5.50. The minimum atomic E-state index is 0.231. The molecule has 1 spiro atoms. The summed E-state index contributed by atoms with van der Waals surface area (Å²) in [6, 6.07) is 20.8. The molecule has 6 rings (SSSR count). The highest BCUT2D eigenvalue weighted by Crippen LogP contribution is 2.43. The summed E-state index contributed by atoms with van der Waals surface area (Å²) >= 11 is 0. The lowest BCUT2D eigenvalue weighted by Crippen LogP contribution is -2.35. The van der Waals surface area contributed by atoms with Gasteiger partial charge in [0.2, 0.25) is 0 Å². The van der Waals surface area contributed by atoms with Gasteiger partial charge in [-0.1, -0.05) is 43.3 Å². The van der Waals surface area contributed by atoms with Gasteiger partial charge in [0.05, 0.1) is 11.2 Å². The number of hydrogen-bond acceptors (Lipinski definition) is 5. The van der Waals surface area contributed by atoms with Crippen molar-refractivity contribution in [2.24, 2.45) is 0 Å². The van der Waals surface area contributed by atoms with Crippen molar-refractivity contribution in [2.45, 2.75) is 38.3 Å². The number of aromatic nitrogens is 3. The van der Waals surface area contributed by atoms with E-state index in [-0.39, 0.29) is 5.41 Å². The molecule has 1 saturated heterocycles. The van der Waals surface area contributed by atoms with Gasteiger partial charge in [-0.05, 0) is 49.2 Å². The Labute approximate surface area is 200 Å². The highest BCUT2D eigenvalue weighted by atomic mass is 16.5. The molecule has 1 N–H and O–H groups in total. The van der Waals surface area contributed by atoms with Crippen LogP contribution < -0.4 is 10.1 Å². The predicted octanol–water partition coefficient (Wildman–Crippen LogP) is 4.59. The van der Waals surface area contributed by atoms with Crippen molar-refractivity contribution >= 4 is 10.9 Å². The number of ether oxygens (including phenoxy) is 1. The molecular formula is C28H31N5O. The molecule has 1 unspecified atom stereocenters. The lowest BCUT2D eigenvalue weighted by atomic mass is 9.82. The maximum atomic E-state index is 6.20. The maximum Gasteiger partial charge on any atom is 0.129 e. The Hall–Kier alpha value is -3.22. The van der Waals surface area contributed by atoms with Crippen LogP contribution in [0.2, 0.25) is 0 Å². The largest absolute Gasteiger partial charge is 0.488 e. The number of benzene rings is 2. The molecule has 174 valence electrons. The molecule has 0 amide bonds. The summed E-state index contributed by atoms with van der Waals surface area (Å²) in [5.74, 6) is 0.855. The normalized spacial score (nSPS) is 19.8. The van der Waals surface area contributed by atoms with Crippen LogP contribution in [0, 0.1) is 0 Å². The second-order valence-electron chi connectivity index (χ2n) is 9.55. The van der Waals surface area contributed by atoms with E-state index in [1.165, 1.54) is 18.5 Å². The van der Waals surface area contributed by atoms with Gasteiger partial charge < -0.3 is 10.1 Å². The van der Waals surface area contributed by atoms with E-state index < -0.39 is 0 Å². The third-order valence-corrected chi connectivity index (χ3v) is 7.36. The van der Waals surface area contributed by atoms with Crippen molar-refractivity contribution in [3.05, 3.63) is 78.1 Å². The molecule has 0 radical (unpaired) electrons. The summed E-state index contributed by atoms with van der Waals surface area (Å²) in [5.41, 5.74) is 5.76. The molecule has 1 atom stereocenters. The number of likely N-dealkylation sites (tertiary alicyclic amines) is 1. The summed E-state index contributed by atoms with van der Waals surface area (Å²) in [5, 5.41) is 9.50. The van der Waals surface area contributed by atoms with Gasteiger partial charge in [0, 0.05) is 54.6 Å². The third-order valence-electron chi connectivity index (χ3n) is 7.36. The minimum absolute atomic E-state index is 0.231. The quantitative estimate of drug-likeness (QED) is 0.444. The first-order valence-electron chi connectivity index (χ1n) is 12.3. The molecule has 2 aliphatic heterocycles. The van der Waals surface area contributed by atoms with Crippen molar-refractivity contribution in [1.29, 1.82) is 0 Å². The molecule has 2 aromatic heterocycles. The molecule has 0 saturated carbocycles. The summed E-state index contributed by atoms with van der Waals surface area (Å²) < 4.78 is 8.43. The molecule has 1 fully saturated rings. The number of nitrogens with one attached hydrogen (secondary N) is 1. The molecule has 6 nitrogen and oxygen atoms in total. The van der Waals surface area contributed by atoms with Gasteiger partial charge in [0.25, 0.3) is 0 Å². The van der Waals surface area contributed by atoms with E-state index in [0.717, 1.165) is 66.3 Å². The molecular weight excluding hydrogens is 422 g/mol. The van der Waals surface area contributed by atoms with Gasteiger partial charge in [-0.15, -0.1) is 0 Å². The van der Waals surface area contributed by atoms with Crippen LogP contribution in [-0.2, 0) is 18.6 Å². The van der Waals surface area contributed by atoms with Crippen LogP contribution in [0.4, 0.5) is 0 Å². The zero-order valence-electron chi connectivity index (χ0n) is 19.7. The number of aryl methyl sites for hydroxylation is 1. The van der Waals surface area contributed by atoms with Crippen LogP contribution in [0.25, 0.3) is 22.2 Å². The first-order valence-corrected chi connectivity index (χ1v) is 12.3. The average molecular weight is 454 g/mol. The zero-order chi connectivity index (χ0) is 23.0. The third kappa shape index (κ3) is 3.87. The van der Waals surface area contributed by atoms with Crippen molar-refractivity contribution in [3.63, 3.8) is 0 Å². The van der Waals surface area contributed by atoms with Gasteiger partial charge in [-0.2, -0.15) is 5.10 Å². The second-order valence-corrected chi connectivity index (χ2v) is 9.55. The average Bonchev–Trinajstić information content (AvgIpc) is 3.58. The van der Waals surface area contributed by atoms with E-state index in [1.54, 1.807) is 0 Å². The molecule has 34 heavy (non-hydrogen) atoms. The van der Waals surface area contributed by atoms with Gasteiger partial charge in [0.15, 0.2) is 0 Å². The fourth-order valence-electron chi connectivity index (χ4n) is 5.50. The second kappa shape index (κ2) is 8.85. The predicted molar refractivity (Wildman–Crippen MR) is 135 cm³/mol. The highest BCUT2D eigenvalue weighted by Gasteiger charge is 2.45. The lowest BCUT2D eigenvalue weighted by Gasteiger charge is -2.23. The van der Waals surface area contributed by atoms with Crippen LogP contribution >= 0.6 is 0 Å². The number of fused-ring (bicyclic) bond motifs is 3. The zero-order valence-corrected chi connectivity index (χ0v) is 19.7. The number of hydrogen-bond donors (Lipinski definition) is 1. The van der Waals surface area contributed by atoms with Gasteiger partial charge in [0.1, 0.15) is 12.4 Å². The lowest BCUT2D eigenvalue weighted by molar-refractivity contribution is 0.288.